The molecule has 2 aromatic carbocycles. The molecule has 1 N–H and O–H groups in total. The van der Waals surface area contributed by atoms with Crippen LogP contribution in [0.1, 0.15) is 12.8 Å². The van der Waals surface area contributed by atoms with Gasteiger partial charge in [-0.15, -0.1) is 0 Å². The van der Waals surface area contributed by atoms with Gasteiger partial charge in [-0.2, -0.15) is 0 Å². The minimum absolute atomic E-state index is 0.369. The van der Waals surface area contributed by atoms with Crippen molar-refractivity contribution in [1.82, 2.24) is 9.97 Å². The summed E-state index contributed by atoms with van der Waals surface area (Å²) in [7, 11) is 3.30. The van der Waals surface area contributed by atoms with Crippen LogP contribution in [0.25, 0.3) is 33.6 Å². The molecular formula is C25H25N3O4. The van der Waals surface area contributed by atoms with Crippen molar-refractivity contribution in [3.63, 3.8) is 0 Å². The molecule has 1 aliphatic rings. The van der Waals surface area contributed by atoms with Crippen LogP contribution < -0.4 is 14.4 Å². The Bertz CT molecular complexity index is 1220. The van der Waals surface area contributed by atoms with Crippen molar-refractivity contribution in [2.24, 2.45) is 0 Å². The molecular weight excluding hydrogens is 406 g/mol. The summed E-state index contributed by atoms with van der Waals surface area (Å²) in [4.78, 5) is 11.2. The molecule has 0 amide bonds. The van der Waals surface area contributed by atoms with Gasteiger partial charge < -0.3 is 23.9 Å². The molecule has 7 nitrogen and oxygen atoms in total. The molecule has 0 bridgehead atoms. The van der Waals surface area contributed by atoms with Gasteiger partial charge in [0.05, 0.1) is 25.7 Å². The van der Waals surface area contributed by atoms with Crippen molar-refractivity contribution in [2.45, 2.75) is 18.9 Å². The van der Waals surface area contributed by atoms with E-state index in [9.17, 15) is 5.11 Å². The van der Waals surface area contributed by atoms with E-state index in [2.05, 4.69) is 14.9 Å². The zero-order valence-electron chi connectivity index (χ0n) is 18.1. The summed E-state index contributed by atoms with van der Waals surface area (Å²) in [5, 5.41) is 11.1. The van der Waals surface area contributed by atoms with E-state index in [4.69, 9.17) is 13.9 Å². The molecule has 1 fully saturated rings. The largest absolute Gasteiger partial charge is 0.497 e. The van der Waals surface area contributed by atoms with Gasteiger partial charge in [0.15, 0.2) is 0 Å². The molecule has 32 heavy (non-hydrogen) atoms. The first-order valence-electron chi connectivity index (χ1n) is 10.7. The third-order valence-corrected chi connectivity index (χ3v) is 5.90. The Morgan fingerprint density at radius 3 is 2.22 bits per heavy atom. The molecule has 1 saturated heterocycles. The smallest absolute Gasteiger partial charge is 0.232 e. The first-order valence-corrected chi connectivity index (χ1v) is 10.7. The minimum atomic E-state index is -0.369. The Balaban J connectivity index is 1.74. The number of aliphatic hydroxyl groups excluding tert-OH is 1. The number of hydrogen-bond donors (Lipinski definition) is 1. The van der Waals surface area contributed by atoms with Gasteiger partial charge in [-0.3, -0.25) is 0 Å². The van der Waals surface area contributed by atoms with Gasteiger partial charge in [0.1, 0.15) is 29.4 Å². The summed E-state index contributed by atoms with van der Waals surface area (Å²) in [5.74, 6) is 3.05. The topological polar surface area (TPSA) is 80.9 Å². The van der Waals surface area contributed by atoms with Crippen molar-refractivity contribution >= 4 is 16.9 Å². The van der Waals surface area contributed by atoms with Crippen molar-refractivity contribution in [1.29, 1.82) is 0 Å². The Kier molecular flexibility index (Phi) is 5.41. The first-order chi connectivity index (χ1) is 15.7. The fourth-order valence-electron chi connectivity index (χ4n) is 4.28. The number of piperidine rings is 1. The maximum absolute atomic E-state index is 10.3. The van der Waals surface area contributed by atoms with Crippen LogP contribution >= 0.6 is 0 Å². The second-order valence-electron chi connectivity index (χ2n) is 7.88. The zero-order valence-corrected chi connectivity index (χ0v) is 18.1. The van der Waals surface area contributed by atoms with E-state index in [0.717, 1.165) is 58.8 Å². The number of aromatic nitrogens is 2. The number of methoxy groups -OCH3 is 2. The maximum atomic E-state index is 10.3. The number of ether oxygens (including phenoxy) is 2. The van der Waals surface area contributed by atoms with E-state index in [1.54, 1.807) is 14.2 Å². The summed E-state index contributed by atoms with van der Waals surface area (Å²) in [5.41, 5.74) is 3.33. The van der Waals surface area contributed by atoms with Gasteiger partial charge in [0, 0.05) is 24.2 Å². The maximum Gasteiger partial charge on any atom is 0.232 e. The minimum Gasteiger partial charge on any atom is -0.497 e. The molecule has 0 saturated carbocycles. The molecule has 2 aromatic heterocycles. The number of benzene rings is 2. The molecule has 3 heterocycles. The lowest BCUT2D eigenvalue weighted by atomic mass is 9.98. The van der Waals surface area contributed by atoms with Gasteiger partial charge in [-0.1, -0.05) is 12.1 Å². The lowest BCUT2D eigenvalue weighted by molar-refractivity contribution is 0.154. The van der Waals surface area contributed by atoms with Gasteiger partial charge in [-0.25, -0.2) is 9.97 Å². The molecule has 4 aromatic rings. The molecule has 0 aliphatic carbocycles. The number of nitrogens with zero attached hydrogens (tertiary/aromatic N) is 3. The fraction of sp³-hybridized carbons (Fsp3) is 0.280. The van der Waals surface area contributed by atoms with Crippen molar-refractivity contribution in [3.8, 4) is 33.9 Å². The Morgan fingerprint density at radius 2 is 1.59 bits per heavy atom. The first kappa shape index (κ1) is 20.3. The van der Waals surface area contributed by atoms with E-state index in [1.165, 1.54) is 6.33 Å². The standard InChI is InChI=1S/C25H25N3O4/c1-30-19-9-5-16(6-10-19)21-22-24(28-13-3-4-18(29)14-28)26-15-27-25(22)32-23(21)17-7-11-20(31-2)12-8-17/h5-12,15,18,29H,3-4,13-14H2,1-2H3. The normalized spacial score (nSPS) is 16.3. The van der Waals surface area contributed by atoms with E-state index >= 15 is 0 Å². The highest BCUT2D eigenvalue weighted by molar-refractivity contribution is 6.06. The zero-order chi connectivity index (χ0) is 22.1. The number of aliphatic hydroxyl groups is 1. The Labute approximate surface area is 186 Å². The molecule has 0 spiro atoms. The number of β-amino-alcohol motifs (C(OH)–C–C–N with tert-alkyl or cyclic N) is 1. The third kappa shape index (κ3) is 3.65. The molecule has 7 heteroatoms. The molecule has 1 aliphatic heterocycles. The summed E-state index contributed by atoms with van der Waals surface area (Å²) < 4.78 is 17.0. The molecule has 1 atom stereocenters. The summed E-state index contributed by atoms with van der Waals surface area (Å²) in [6, 6.07) is 15.7. The highest BCUT2D eigenvalue weighted by Crippen LogP contribution is 2.44. The van der Waals surface area contributed by atoms with Crippen LogP contribution in [-0.4, -0.2) is 48.5 Å². The number of hydrogen-bond acceptors (Lipinski definition) is 7. The molecule has 1 unspecified atom stereocenters. The molecule has 164 valence electrons. The fourth-order valence-corrected chi connectivity index (χ4v) is 4.28. The summed E-state index contributed by atoms with van der Waals surface area (Å²) in [6.07, 6.45) is 2.87. The van der Waals surface area contributed by atoms with E-state index < -0.39 is 0 Å². The third-order valence-electron chi connectivity index (χ3n) is 5.90. The SMILES string of the molecule is COc1ccc(-c2oc3ncnc(N4CCCC(O)C4)c3c2-c2ccc(OC)cc2)cc1. The van der Waals surface area contributed by atoms with Crippen LogP contribution in [0.5, 0.6) is 11.5 Å². The van der Waals surface area contributed by atoms with E-state index in [0.29, 0.717) is 18.0 Å². The van der Waals surface area contributed by atoms with Gasteiger partial charge in [0.25, 0.3) is 0 Å². The second kappa shape index (κ2) is 8.51. The Hall–Kier alpha value is -3.58. The molecule has 0 radical (unpaired) electrons. The van der Waals surface area contributed by atoms with Gasteiger partial charge in [0.2, 0.25) is 5.71 Å². The van der Waals surface area contributed by atoms with Crippen LogP contribution in [0.15, 0.2) is 59.3 Å². The van der Waals surface area contributed by atoms with Crippen molar-refractivity contribution in [2.75, 3.05) is 32.2 Å². The molecule has 5 rings (SSSR count). The number of furan rings is 1. The number of fused-ring (bicyclic) bond motifs is 1. The van der Waals surface area contributed by atoms with Crippen LogP contribution in [0.3, 0.4) is 0 Å². The van der Waals surface area contributed by atoms with Crippen molar-refractivity contribution < 1.29 is 19.0 Å². The lowest BCUT2D eigenvalue weighted by Crippen LogP contribution is -2.38. The van der Waals surface area contributed by atoms with E-state index in [-0.39, 0.29) is 6.10 Å². The second-order valence-corrected chi connectivity index (χ2v) is 7.88. The number of rotatable bonds is 5. The Morgan fingerprint density at radius 1 is 0.938 bits per heavy atom. The monoisotopic (exact) mass is 431 g/mol. The average Bonchev–Trinajstić information content (AvgIpc) is 3.24. The van der Waals surface area contributed by atoms with E-state index in [1.807, 2.05) is 48.5 Å². The highest BCUT2D eigenvalue weighted by Gasteiger charge is 2.27. The quantitative estimate of drug-likeness (QED) is 0.497. The predicted octanol–water partition coefficient (Wildman–Crippen LogP) is 4.54. The van der Waals surface area contributed by atoms with Crippen LogP contribution in [0.4, 0.5) is 5.82 Å². The average molecular weight is 431 g/mol. The predicted molar refractivity (Wildman–Crippen MR) is 123 cm³/mol. The van der Waals surface area contributed by atoms with Crippen LogP contribution in [0.2, 0.25) is 0 Å². The summed E-state index contributed by atoms with van der Waals surface area (Å²) in [6.45, 7) is 1.37. The van der Waals surface area contributed by atoms with Crippen LogP contribution in [0, 0.1) is 0 Å². The lowest BCUT2D eigenvalue weighted by Gasteiger charge is -2.31. The highest BCUT2D eigenvalue weighted by atomic mass is 16.5. The van der Waals surface area contributed by atoms with Crippen LogP contribution in [-0.2, 0) is 0 Å². The van der Waals surface area contributed by atoms with Gasteiger partial charge in [-0.05, 0) is 54.8 Å². The van der Waals surface area contributed by atoms with Crippen molar-refractivity contribution in [3.05, 3.63) is 54.9 Å². The number of anilines is 1. The van der Waals surface area contributed by atoms with Gasteiger partial charge >= 0.3 is 0 Å². The summed E-state index contributed by atoms with van der Waals surface area (Å²) >= 11 is 0.